The van der Waals surface area contributed by atoms with Gasteiger partial charge in [0.1, 0.15) is 0 Å². The second-order valence-electron chi connectivity index (χ2n) is 2.73. The molecule has 68 valence electrons. The summed E-state index contributed by atoms with van der Waals surface area (Å²) in [5.74, 6) is -0.617. The molecule has 0 aromatic carbocycles. The Kier molecular flexibility index (Phi) is 4.93. The van der Waals surface area contributed by atoms with E-state index in [0.29, 0.717) is 5.57 Å². The van der Waals surface area contributed by atoms with Gasteiger partial charge < -0.3 is 10.2 Å². The Hall–Kier alpha value is -1.18. The van der Waals surface area contributed by atoms with Crippen LogP contribution in [-0.4, -0.2) is 10.2 Å². The molecule has 0 radical (unpaired) electrons. The number of aliphatic hydroxyl groups is 2. The highest BCUT2D eigenvalue weighted by molar-refractivity contribution is 5.21. The smallest absolute Gasteiger partial charge is 0.277 e. The Bertz CT molecular complexity index is 218. The molecule has 0 aliphatic carbocycles. The van der Waals surface area contributed by atoms with Crippen molar-refractivity contribution in [2.45, 2.75) is 27.2 Å². The number of rotatable bonds is 3. The SMILES string of the molecule is CCC(C)=CC=CC(C)=C(O)O. The van der Waals surface area contributed by atoms with E-state index in [4.69, 9.17) is 10.2 Å². The van der Waals surface area contributed by atoms with E-state index in [1.165, 1.54) is 5.57 Å². The minimum atomic E-state index is -0.617. The lowest BCUT2D eigenvalue weighted by atomic mass is 10.2. The highest BCUT2D eigenvalue weighted by atomic mass is 16.5. The van der Waals surface area contributed by atoms with Crippen LogP contribution in [0.15, 0.2) is 35.3 Å². The molecule has 2 nitrogen and oxygen atoms in total. The molecule has 0 aromatic heterocycles. The molecule has 0 saturated heterocycles. The van der Waals surface area contributed by atoms with Gasteiger partial charge in [-0.3, -0.25) is 0 Å². The monoisotopic (exact) mass is 168 g/mol. The van der Waals surface area contributed by atoms with Crippen molar-refractivity contribution in [1.29, 1.82) is 0 Å². The quantitative estimate of drug-likeness (QED) is 0.501. The minimum absolute atomic E-state index is 0.468. The van der Waals surface area contributed by atoms with Gasteiger partial charge in [0, 0.05) is 5.57 Å². The van der Waals surface area contributed by atoms with E-state index in [1.54, 1.807) is 19.1 Å². The van der Waals surface area contributed by atoms with E-state index in [-0.39, 0.29) is 0 Å². The van der Waals surface area contributed by atoms with Crippen LogP contribution >= 0.6 is 0 Å². The number of hydrogen-bond donors (Lipinski definition) is 2. The van der Waals surface area contributed by atoms with E-state index in [9.17, 15) is 0 Å². The molecule has 0 rings (SSSR count). The fourth-order valence-corrected chi connectivity index (χ4v) is 0.549. The minimum Gasteiger partial charge on any atom is -0.481 e. The second kappa shape index (κ2) is 5.47. The van der Waals surface area contributed by atoms with Crippen LogP contribution in [0, 0.1) is 0 Å². The van der Waals surface area contributed by atoms with Crippen LogP contribution in [0.2, 0.25) is 0 Å². The fourth-order valence-electron chi connectivity index (χ4n) is 0.549. The van der Waals surface area contributed by atoms with E-state index in [1.807, 2.05) is 13.0 Å². The zero-order chi connectivity index (χ0) is 9.56. The average Bonchev–Trinajstić information content (AvgIpc) is 2.03. The Morgan fingerprint density at radius 1 is 1.25 bits per heavy atom. The van der Waals surface area contributed by atoms with Crippen molar-refractivity contribution in [1.82, 2.24) is 0 Å². The van der Waals surface area contributed by atoms with Crippen LogP contribution in [-0.2, 0) is 0 Å². The van der Waals surface area contributed by atoms with Crippen LogP contribution in [0.4, 0.5) is 0 Å². The molecule has 0 saturated carbocycles. The van der Waals surface area contributed by atoms with Crippen molar-refractivity contribution >= 4 is 0 Å². The van der Waals surface area contributed by atoms with Crippen LogP contribution in [0.5, 0.6) is 0 Å². The standard InChI is InChI=1S/C10H16O2/c1-4-8(2)6-5-7-9(3)10(11)12/h5-7,11-12H,4H2,1-3H3. The lowest BCUT2D eigenvalue weighted by molar-refractivity contribution is 0.187. The Morgan fingerprint density at radius 2 is 1.83 bits per heavy atom. The van der Waals surface area contributed by atoms with Gasteiger partial charge >= 0.3 is 0 Å². The predicted octanol–water partition coefficient (Wildman–Crippen LogP) is 3.25. The predicted molar refractivity (Wildman–Crippen MR) is 51.1 cm³/mol. The van der Waals surface area contributed by atoms with E-state index in [2.05, 4.69) is 6.92 Å². The average molecular weight is 168 g/mol. The third-order valence-corrected chi connectivity index (χ3v) is 1.64. The molecule has 0 aromatic rings. The molecular formula is C10H16O2. The molecule has 2 N–H and O–H groups in total. The van der Waals surface area contributed by atoms with Gasteiger partial charge in [-0.2, -0.15) is 0 Å². The number of hydrogen-bond acceptors (Lipinski definition) is 2. The van der Waals surface area contributed by atoms with Gasteiger partial charge in [-0.25, -0.2) is 0 Å². The summed E-state index contributed by atoms with van der Waals surface area (Å²) in [5, 5.41) is 17.2. The molecule has 0 unspecified atom stereocenters. The molecular weight excluding hydrogens is 152 g/mol. The molecule has 0 heterocycles. The second-order valence-corrected chi connectivity index (χ2v) is 2.73. The first kappa shape index (κ1) is 10.8. The van der Waals surface area contributed by atoms with Gasteiger partial charge in [0.15, 0.2) is 0 Å². The molecule has 2 heteroatoms. The van der Waals surface area contributed by atoms with E-state index >= 15 is 0 Å². The van der Waals surface area contributed by atoms with Crippen LogP contribution in [0.25, 0.3) is 0 Å². The summed E-state index contributed by atoms with van der Waals surface area (Å²) in [6.45, 7) is 5.75. The van der Waals surface area contributed by atoms with Gasteiger partial charge in [0.25, 0.3) is 5.95 Å². The van der Waals surface area contributed by atoms with E-state index in [0.717, 1.165) is 6.42 Å². The van der Waals surface area contributed by atoms with Crippen molar-refractivity contribution in [2.24, 2.45) is 0 Å². The summed E-state index contributed by atoms with van der Waals surface area (Å²) in [6.07, 6.45) is 6.43. The first-order valence-electron chi connectivity index (χ1n) is 4.00. The fraction of sp³-hybridized carbons (Fsp3) is 0.400. The molecule has 0 aliphatic heterocycles. The highest BCUT2D eigenvalue weighted by Crippen LogP contribution is 2.02. The summed E-state index contributed by atoms with van der Waals surface area (Å²) in [5.41, 5.74) is 1.73. The molecule has 12 heavy (non-hydrogen) atoms. The zero-order valence-electron chi connectivity index (χ0n) is 7.83. The molecule has 0 aliphatic rings. The van der Waals surface area contributed by atoms with Crippen molar-refractivity contribution < 1.29 is 10.2 Å². The maximum atomic E-state index is 8.61. The van der Waals surface area contributed by atoms with Crippen molar-refractivity contribution in [2.75, 3.05) is 0 Å². The van der Waals surface area contributed by atoms with Crippen LogP contribution < -0.4 is 0 Å². The van der Waals surface area contributed by atoms with Gasteiger partial charge in [0.05, 0.1) is 0 Å². The Balaban J connectivity index is 4.19. The van der Waals surface area contributed by atoms with Gasteiger partial charge in [-0.05, 0) is 20.3 Å². The maximum absolute atomic E-state index is 8.61. The number of allylic oxidation sites excluding steroid dienone is 5. The molecule has 0 bridgehead atoms. The van der Waals surface area contributed by atoms with Gasteiger partial charge in [0.2, 0.25) is 0 Å². The summed E-state index contributed by atoms with van der Waals surface area (Å²) >= 11 is 0. The molecule has 0 spiro atoms. The first-order chi connectivity index (χ1) is 5.57. The van der Waals surface area contributed by atoms with Crippen LogP contribution in [0.1, 0.15) is 27.2 Å². The normalized spacial score (nSPS) is 12.1. The number of aliphatic hydroxyl groups excluding tert-OH is 1. The molecule has 0 atom stereocenters. The van der Waals surface area contributed by atoms with E-state index < -0.39 is 5.95 Å². The third kappa shape index (κ3) is 4.61. The summed E-state index contributed by atoms with van der Waals surface area (Å²) in [6, 6.07) is 0. The first-order valence-corrected chi connectivity index (χ1v) is 4.00. The van der Waals surface area contributed by atoms with Gasteiger partial charge in [-0.1, -0.05) is 30.7 Å². The maximum Gasteiger partial charge on any atom is 0.277 e. The highest BCUT2D eigenvalue weighted by Gasteiger charge is 1.89. The summed E-state index contributed by atoms with van der Waals surface area (Å²) < 4.78 is 0. The molecule has 0 fully saturated rings. The Labute approximate surface area is 73.5 Å². The summed E-state index contributed by atoms with van der Waals surface area (Å²) in [4.78, 5) is 0. The summed E-state index contributed by atoms with van der Waals surface area (Å²) in [7, 11) is 0. The van der Waals surface area contributed by atoms with Crippen molar-refractivity contribution in [3.63, 3.8) is 0 Å². The topological polar surface area (TPSA) is 40.5 Å². The van der Waals surface area contributed by atoms with Crippen molar-refractivity contribution in [3.05, 3.63) is 35.3 Å². The largest absolute Gasteiger partial charge is 0.481 e. The lowest BCUT2D eigenvalue weighted by Crippen LogP contribution is -1.80. The molecule has 0 amide bonds. The Morgan fingerprint density at radius 3 is 2.25 bits per heavy atom. The van der Waals surface area contributed by atoms with Gasteiger partial charge in [-0.15, -0.1) is 0 Å². The zero-order valence-corrected chi connectivity index (χ0v) is 7.83. The lowest BCUT2D eigenvalue weighted by Gasteiger charge is -1.92. The van der Waals surface area contributed by atoms with Crippen LogP contribution in [0.3, 0.4) is 0 Å². The third-order valence-electron chi connectivity index (χ3n) is 1.64. The van der Waals surface area contributed by atoms with Crippen molar-refractivity contribution in [3.8, 4) is 0 Å².